The van der Waals surface area contributed by atoms with Crippen molar-refractivity contribution in [3.8, 4) is 0 Å². The van der Waals surface area contributed by atoms with E-state index in [-0.39, 0.29) is 12.2 Å². The van der Waals surface area contributed by atoms with E-state index in [2.05, 4.69) is 5.32 Å². The maximum atomic E-state index is 12.9. The van der Waals surface area contributed by atoms with E-state index >= 15 is 0 Å². The molecule has 1 aliphatic heterocycles. The van der Waals surface area contributed by atoms with Gasteiger partial charge in [-0.15, -0.1) is 0 Å². The van der Waals surface area contributed by atoms with Gasteiger partial charge in [0.05, 0.1) is 0 Å². The number of carbonyl (C=O) groups is 3. The van der Waals surface area contributed by atoms with E-state index in [1.54, 1.807) is 14.7 Å². The van der Waals surface area contributed by atoms with Crippen molar-refractivity contribution in [1.82, 2.24) is 20.0 Å². The van der Waals surface area contributed by atoms with Gasteiger partial charge in [-0.2, -0.15) is 0 Å². The van der Waals surface area contributed by atoms with Crippen LogP contribution in [0.15, 0.2) is 0 Å². The zero-order valence-corrected chi connectivity index (χ0v) is 24.1. The Morgan fingerprint density at radius 3 is 1.14 bits per heavy atom. The lowest BCUT2D eigenvalue weighted by Crippen LogP contribution is -2.43. The zero-order valence-electron chi connectivity index (χ0n) is 24.1. The number of rotatable bonds is 0. The molecule has 1 rings (SSSR count). The highest BCUT2D eigenvalue weighted by Gasteiger charge is 2.26. The highest BCUT2D eigenvalue weighted by atomic mass is 16.6. The SMILES string of the molecule is CC(C)(C)OC(=O)N1CCCNCCN(C(=O)OC(C)(C)C)CCCN(C(=O)OC(C)(C)C)CCC1. The molecule has 1 N–H and O–H groups in total. The first-order chi connectivity index (χ1) is 16.5. The van der Waals surface area contributed by atoms with Crippen LogP contribution >= 0.6 is 0 Å². The van der Waals surface area contributed by atoms with Crippen LogP contribution in [0.4, 0.5) is 14.4 Å². The van der Waals surface area contributed by atoms with Crippen molar-refractivity contribution in [3.05, 3.63) is 0 Å². The van der Waals surface area contributed by atoms with Gasteiger partial charge in [0.2, 0.25) is 0 Å². The molecular formula is C26H50N4O6. The van der Waals surface area contributed by atoms with Crippen molar-refractivity contribution in [2.45, 2.75) is 98.4 Å². The Morgan fingerprint density at radius 1 is 0.500 bits per heavy atom. The van der Waals surface area contributed by atoms with Gasteiger partial charge in [-0.3, -0.25) is 0 Å². The third kappa shape index (κ3) is 14.4. The Morgan fingerprint density at radius 2 is 0.806 bits per heavy atom. The quantitative estimate of drug-likeness (QED) is 0.476. The molecule has 210 valence electrons. The number of nitrogens with one attached hydrogen (secondary N) is 1. The van der Waals surface area contributed by atoms with Crippen LogP contribution < -0.4 is 5.32 Å². The number of amides is 3. The first kappa shape index (κ1) is 31.8. The Labute approximate surface area is 218 Å². The predicted molar refractivity (Wildman–Crippen MR) is 140 cm³/mol. The monoisotopic (exact) mass is 514 g/mol. The van der Waals surface area contributed by atoms with Gasteiger partial charge in [-0.05, 0) is 88.1 Å². The molecule has 0 aliphatic carbocycles. The molecule has 0 unspecified atom stereocenters. The maximum absolute atomic E-state index is 12.9. The van der Waals surface area contributed by atoms with Crippen molar-refractivity contribution in [2.75, 3.05) is 52.4 Å². The molecule has 1 heterocycles. The van der Waals surface area contributed by atoms with Crippen LogP contribution in [0.1, 0.15) is 81.6 Å². The molecule has 0 aromatic rings. The van der Waals surface area contributed by atoms with Crippen LogP contribution in [0.25, 0.3) is 0 Å². The van der Waals surface area contributed by atoms with Crippen molar-refractivity contribution in [3.63, 3.8) is 0 Å². The molecule has 0 bridgehead atoms. The summed E-state index contributed by atoms with van der Waals surface area (Å²) >= 11 is 0. The second-order valence-electron chi connectivity index (χ2n) is 12.2. The second kappa shape index (κ2) is 13.9. The number of nitrogens with zero attached hydrogens (tertiary/aromatic N) is 3. The Bertz CT molecular complexity index is 663. The summed E-state index contributed by atoms with van der Waals surface area (Å²) in [6, 6.07) is 0. The molecule has 1 fully saturated rings. The van der Waals surface area contributed by atoms with Gasteiger partial charge in [0.1, 0.15) is 16.8 Å². The molecule has 1 saturated heterocycles. The predicted octanol–water partition coefficient (Wildman–Crippen LogP) is 4.47. The van der Waals surface area contributed by atoms with E-state index in [9.17, 15) is 14.4 Å². The summed E-state index contributed by atoms with van der Waals surface area (Å²) in [5.74, 6) is 0. The summed E-state index contributed by atoms with van der Waals surface area (Å²) in [7, 11) is 0. The minimum absolute atomic E-state index is 0.355. The molecule has 36 heavy (non-hydrogen) atoms. The van der Waals surface area contributed by atoms with E-state index in [4.69, 9.17) is 14.2 Å². The number of carbonyl (C=O) groups excluding carboxylic acids is 3. The minimum atomic E-state index is -0.620. The third-order valence-electron chi connectivity index (χ3n) is 5.01. The van der Waals surface area contributed by atoms with Gasteiger partial charge < -0.3 is 34.2 Å². The van der Waals surface area contributed by atoms with E-state index in [1.165, 1.54) is 0 Å². The topological polar surface area (TPSA) is 101 Å². The molecule has 0 radical (unpaired) electrons. The lowest BCUT2D eigenvalue weighted by molar-refractivity contribution is 0.0192. The number of ether oxygens (including phenoxy) is 3. The van der Waals surface area contributed by atoms with Crippen LogP contribution in [0.3, 0.4) is 0 Å². The molecule has 10 nitrogen and oxygen atoms in total. The normalized spacial score (nSPS) is 18.1. The molecular weight excluding hydrogens is 464 g/mol. The maximum Gasteiger partial charge on any atom is 0.410 e. The summed E-state index contributed by atoms with van der Waals surface area (Å²) in [5, 5.41) is 3.35. The lowest BCUT2D eigenvalue weighted by Gasteiger charge is -2.30. The van der Waals surface area contributed by atoms with Gasteiger partial charge in [-0.1, -0.05) is 0 Å². The van der Waals surface area contributed by atoms with Crippen molar-refractivity contribution in [1.29, 1.82) is 0 Å². The van der Waals surface area contributed by atoms with Gasteiger partial charge in [-0.25, -0.2) is 14.4 Å². The van der Waals surface area contributed by atoms with Crippen molar-refractivity contribution < 1.29 is 28.6 Å². The summed E-state index contributed by atoms with van der Waals surface area (Å²) in [6.45, 7) is 20.7. The Hall–Kier alpha value is -2.23. The fourth-order valence-corrected chi connectivity index (χ4v) is 3.50. The van der Waals surface area contributed by atoms with Crippen LogP contribution in [0.5, 0.6) is 0 Å². The minimum Gasteiger partial charge on any atom is -0.444 e. The van der Waals surface area contributed by atoms with Gasteiger partial charge in [0, 0.05) is 45.8 Å². The summed E-state index contributed by atoms with van der Waals surface area (Å²) in [5.41, 5.74) is -1.79. The van der Waals surface area contributed by atoms with E-state index in [0.717, 1.165) is 6.42 Å². The van der Waals surface area contributed by atoms with Crippen LogP contribution in [0, 0.1) is 0 Å². The zero-order chi connectivity index (χ0) is 27.6. The van der Waals surface area contributed by atoms with E-state index in [0.29, 0.717) is 65.2 Å². The van der Waals surface area contributed by atoms with Gasteiger partial charge in [0.15, 0.2) is 0 Å². The van der Waals surface area contributed by atoms with Crippen LogP contribution in [-0.4, -0.2) is 102 Å². The third-order valence-corrected chi connectivity index (χ3v) is 5.01. The van der Waals surface area contributed by atoms with Crippen molar-refractivity contribution in [2.24, 2.45) is 0 Å². The second-order valence-corrected chi connectivity index (χ2v) is 12.2. The Kier molecular flexibility index (Phi) is 12.3. The number of hydrogen-bond donors (Lipinski definition) is 1. The highest BCUT2D eigenvalue weighted by Crippen LogP contribution is 2.14. The fraction of sp³-hybridized carbons (Fsp3) is 0.885. The smallest absolute Gasteiger partial charge is 0.410 e. The molecule has 0 aromatic carbocycles. The van der Waals surface area contributed by atoms with Gasteiger partial charge in [0.25, 0.3) is 0 Å². The van der Waals surface area contributed by atoms with Crippen molar-refractivity contribution >= 4 is 18.3 Å². The average molecular weight is 515 g/mol. The van der Waals surface area contributed by atoms with Crippen LogP contribution in [-0.2, 0) is 14.2 Å². The number of hydrogen-bond acceptors (Lipinski definition) is 7. The highest BCUT2D eigenvalue weighted by molar-refractivity contribution is 5.69. The lowest BCUT2D eigenvalue weighted by atomic mass is 10.2. The fourth-order valence-electron chi connectivity index (χ4n) is 3.50. The van der Waals surface area contributed by atoms with E-state index in [1.807, 2.05) is 62.3 Å². The first-order valence-electron chi connectivity index (χ1n) is 13.1. The molecule has 1 aliphatic rings. The molecule has 0 saturated carbocycles. The molecule has 3 amide bonds. The summed E-state index contributed by atoms with van der Waals surface area (Å²) < 4.78 is 16.8. The summed E-state index contributed by atoms with van der Waals surface area (Å²) in [4.78, 5) is 43.5. The van der Waals surface area contributed by atoms with Crippen LogP contribution in [0.2, 0.25) is 0 Å². The molecule has 0 aromatic heterocycles. The standard InChI is InChI=1S/C26H50N4O6/c1-24(2,3)34-21(31)28-15-10-13-27-14-20-30(23(33)36-26(7,8)9)19-12-18-29(17-11-16-28)22(32)35-25(4,5)6/h27H,10-20H2,1-9H3. The van der Waals surface area contributed by atoms with E-state index < -0.39 is 22.9 Å². The summed E-state index contributed by atoms with van der Waals surface area (Å²) in [6.07, 6.45) is 0.777. The first-order valence-corrected chi connectivity index (χ1v) is 13.1. The average Bonchev–Trinajstić information content (AvgIpc) is 2.68. The molecule has 0 atom stereocenters. The Balaban J connectivity index is 2.99. The molecule has 0 spiro atoms. The molecule has 10 heteroatoms. The largest absolute Gasteiger partial charge is 0.444 e. The van der Waals surface area contributed by atoms with Gasteiger partial charge >= 0.3 is 18.3 Å².